The molecule has 2 saturated carbocycles. The van der Waals surface area contributed by atoms with Crippen molar-refractivity contribution in [3.63, 3.8) is 0 Å². The molecule has 0 aromatic heterocycles. The van der Waals surface area contributed by atoms with E-state index in [1.807, 2.05) is 6.92 Å². The van der Waals surface area contributed by atoms with Gasteiger partial charge in [0.2, 0.25) is 0 Å². The molecule has 2 N–H and O–H groups in total. The number of carbonyl (C=O) groups is 1. The van der Waals surface area contributed by atoms with Crippen LogP contribution in [-0.2, 0) is 19.0 Å². The van der Waals surface area contributed by atoms with Gasteiger partial charge in [0.05, 0.1) is 0 Å². The Morgan fingerprint density at radius 2 is 1.81 bits per heavy atom. The summed E-state index contributed by atoms with van der Waals surface area (Å²) in [5.41, 5.74) is -2.04. The highest BCUT2D eigenvalue weighted by Gasteiger charge is 2.75. The molecule has 6 nitrogen and oxygen atoms in total. The van der Waals surface area contributed by atoms with Crippen LogP contribution in [-0.4, -0.2) is 59.4 Å². The van der Waals surface area contributed by atoms with E-state index in [1.165, 1.54) is 0 Å². The van der Waals surface area contributed by atoms with E-state index in [2.05, 4.69) is 4.74 Å². The molecule has 8 atom stereocenters. The Labute approximate surface area is 174 Å². The minimum absolute atomic E-state index is 0.172. The highest BCUT2D eigenvalue weighted by Crippen LogP contribution is 2.63. The van der Waals surface area contributed by atoms with Crippen LogP contribution < -0.4 is 0 Å². The number of esters is 1. The molecule has 2 aliphatic carbocycles. The number of halogens is 6. The minimum Gasteiger partial charge on any atom is -0.459 e. The number of hydrogen-bond donors (Lipinski definition) is 2. The zero-order valence-electron chi connectivity index (χ0n) is 16.9. The third-order valence-corrected chi connectivity index (χ3v) is 6.73. The number of aliphatic hydroxyl groups excluding tert-OH is 2. The molecule has 3 aliphatic rings. The summed E-state index contributed by atoms with van der Waals surface area (Å²) in [4.78, 5) is 12.6. The zero-order chi connectivity index (χ0) is 23.4. The average molecular weight is 464 g/mol. The maximum atomic E-state index is 12.9. The van der Waals surface area contributed by atoms with Crippen molar-refractivity contribution in [3.05, 3.63) is 0 Å². The van der Waals surface area contributed by atoms with Crippen molar-refractivity contribution < 1.29 is 55.6 Å². The summed E-state index contributed by atoms with van der Waals surface area (Å²) in [5.74, 6) is -2.65. The van der Waals surface area contributed by atoms with Gasteiger partial charge in [-0.15, -0.1) is 0 Å². The van der Waals surface area contributed by atoms with Crippen molar-refractivity contribution in [1.29, 1.82) is 0 Å². The maximum absolute atomic E-state index is 12.9. The molecule has 180 valence electrons. The Hall–Kier alpha value is -1.11. The van der Waals surface area contributed by atoms with Gasteiger partial charge in [-0.05, 0) is 25.2 Å². The Bertz CT molecular complexity index is 655. The standard InChI is InChI=1S/C19H26F6O6/c1-3-5-8(2)13(26)29-11-9-6-4-7-17(10(9)12(11)30-15(17)27)16(28)31-14(18(20,21)22)19(23,24)25/h8-14,16,26,28H,3-7H2,1-2H3. The molecule has 12 heteroatoms. The zero-order valence-corrected chi connectivity index (χ0v) is 16.9. The summed E-state index contributed by atoms with van der Waals surface area (Å²) >= 11 is 0. The third kappa shape index (κ3) is 4.16. The van der Waals surface area contributed by atoms with Crippen molar-refractivity contribution >= 4 is 5.97 Å². The second-order valence-electron chi connectivity index (χ2n) is 8.70. The summed E-state index contributed by atoms with van der Waals surface area (Å²) < 4.78 is 92.3. The van der Waals surface area contributed by atoms with Crippen LogP contribution in [0, 0.1) is 23.2 Å². The normalized spacial score (nSPS) is 35.9. The number of aliphatic hydroxyl groups is 2. The third-order valence-electron chi connectivity index (χ3n) is 6.73. The lowest BCUT2D eigenvalue weighted by Crippen LogP contribution is -2.65. The number of hydrogen-bond acceptors (Lipinski definition) is 6. The lowest BCUT2D eigenvalue weighted by Gasteiger charge is -2.55. The van der Waals surface area contributed by atoms with E-state index >= 15 is 0 Å². The van der Waals surface area contributed by atoms with Crippen LogP contribution >= 0.6 is 0 Å². The first-order valence-corrected chi connectivity index (χ1v) is 10.3. The van der Waals surface area contributed by atoms with E-state index in [1.54, 1.807) is 6.92 Å². The van der Waals surface area contributed by atoms with Crippen LogP contribution in [0.1, 0.15) is 46.0 Å². The molecule has 0 aromatic rings. The van der Waals surface area contributed by atoms with Gasteiger partial charge in [-0.2, -0.15) is 26.3 Å². The molecule has 0 radical (unpaired) electrons. The second kappa shape index (κ2) is 8.35. The van der Waals surface area contributed by atoms with Crippen molar-refractivity contribution in [1.82, 2.24) is 0 Å². The number of alkyl halides is 6. The fourth-order valence-electron chi connectivity index (χ4n) is 5.23. The molecule has 3 fully saturated rings. The fourth-order valence-corrected chi connectivity index (χ4v) is 5.23. The van der Waals surface area contributed by atoms with Crippen molar-refractivity contribution in [2.24, 2.45) is 23.2 Å². The molecule has 1 saturated heterocycles. The monoisotopic (exact) mass is 464 g/mol. The number of rotatable bonds is 8. The molecule has 31 heavy (non-hydrogen) atoms. The van der Waals surface area contributed by atoms with Crippen molar-refractivity contribution in [3.8, 4) is 0 Å². The highest BCUT2D eigenvalue weighted by molar-refractivity contribution is 5.81. The molecule has 0 aromatic carbocycles. The molecule has 0 amide bonds. The van der Waals surface area contributed by atoms with Crippen LogP contribution in [0.3, 0.4) is 0 Å². The first-order chi connectivity index (χ1) is 14.2. The average Bonchev–Trinajstić information content (AvgIpc) is 2.94. The predicted octanol–water partition coefficient (Wildman–Crippen LogP) is 3.30. The Kier molecular flexibility index (Phi) is 6.60. The van der Waals surface area contributed by atoms with Gasteiger partial charge in [0, 0.05) is 11.8 Å². The smallest absolute Gasteiger partial charge is 0.423 e. The fraction of sp³-hybridized carbons (Fsp3) is 0.947. The van der Waals surface area contributed by atoms with Crippen LogP contribution in [0.15, 0.2) is 0 Å². The van der Waals surface area contributed by atoms with Gasteiger partial charge in [0.1, 0.15) is 17.6 Å². The lowest BCUT2D eigenvalue weighted by atomic mass is 9.51. The van der Waals surface area contributed by atoms with E-state index in [0.717, 1.165) is 6.42 Å². The Balaban J connectivity index is 1.79. The largest absolute Gasteiger partial charge is 0.459 e. The highest BCUT2D eigenvalue weighted by atomic mass is 19.4. The molecule has 0 spiro atoms. The van der Waals surface area contributed by atoms with Gasteiger partial charge in [0.25, 0.3) is 6.10 Å². The SMILES string of the molecule is CCCC(C)C(O)OC1C2CCCC3(C(O)OC(C(F)(F)F)C(F)(F)F)C(=O)OC1C23. The number of ether oxygens (including phenoxy) is 3. The van der Waals surface area contributed by atoms with Gasteiger partial charge >= 0.3 is 18.3 Å². The summed E-state index contributed by atoms with van der Waals surface area (Å²) in [5, 5.41) is 20.6. The van der Waals surface area contributed by atoms with Crippen LogP contribution in [0.4, 0.5) is 26.3 Å². The predicted molar refractivity (Wildman–Crippen MR) is 91.1 cm³/mol. The van der Waals surface area contributed by atoms with Gasteiger partial charge in [-0.25, -0.2) is 0 Å². The van der Waals surface area contributed by atoms with Crippen molar-refractivity contribution in [2.75, 3.05) is 0 Å². The van der Waals surface area contributed by atoms with Gasteiger partial charge < -0.3 is 24.4 Å². The Morgan fingerprint density at radius 3 is 2.35 bits per heavy atom. The topological polar surface area (TPSA) is 85.2 Å². The van der Waals surface area contributed by atoms with E-state index in [9.17, 15) is 41.4 Å². The molecular weight excluding hydrogens is 438 g/mol. The lowest BCUT2D eigenvalue weighted by molar-refractivity contribution is -0.366. The van der Waals surface area contributed by atoms with E-state index in [-0.39, 0.29) is 18.8 Å². The van der Waals surface area contributed by atoms with Gasteiger partial charge in [-0.1, -0.05) is 26.7 Å². The van der Waals surface area contributed by atoms with Gasteiger partial charge in [-0.3, -0.25) is 4.79 Å². The van der Waals surface area contributed by atoms with Crippen LogP contribution in [0.2, 0.25) is 0 Å². The molecule has 1 aliphatic heterocycles. The summed E-state index contributed by atoms with van der Waals surface area (Å²) in [6, 6.07) is 0. The minimum atomic E-state index is -5.82. The van der Waals surface area contributed by atoms with E-state index < -0.39 is 66.5 Å². The molecule has 8 unspecified atom stereocenters. The first kappa shape index (κ1) is 24.5. The Morgan fingerprint density at radius 1 is 1.19 bits per heavy atom. The maximum Gasteiger partial charge on any atom is 0.423 e. The molecule has 3 rings (SSSR count). The number of carbonyl (C=O) groups excluding carboxylic acids is 1. The quantitative estimate of drug-likeness (QED) is 0.326. The summed E-state index contributed by atoms with van der Waals surface area (Å²) in [6.45, 7) is 3.69. The van der Waals surface area contributed by atoms with Crippen molar-refractivity contribution in [2.45, 2.75) is 89.2 Å². The van der Waals surface area contributed by atoms with E-state index in [4.69, 9.17) is 9.47 Å². The van der Waals surface area contributed by atoms with Crippen LogP contribution in [0.5, 0.6) is 0 Å². The van der Waals surface area contributed by atoms with Crippen LogP contribution in [0.25, 0.3) is 0 Å². The molecule has 1 heterocycles. The first-order valence-electron chi connectivity index (χ1n) is 10.3. The molecular formula is C19H26F6O6. The summed E-state index contributed by atoms with van der Waals surface area (Å²) in [7, 11) is 0. The second-order valence-corrected chi connectivity index (χ2v) is 8.70. The summed E-state index contributed by atoms with van der Waals surface area (Å²) in [6.07, 6.45) is -19.4. The van der Waals surface area contributed by atoms with E-state index in [0.29, 0.717) is 12.8 Å². The van der Waals surface area contributed by atoms with Gasteiger partial charge in [0.15, 0.2) is 12.6 Å². The molecule has 0 bridgehead atoms.